The first-order chi connectivity index (χ1) is 8.35. The highest BCUT2D eigenvalue weighted by Gasteiger charge is 2.15. The third kappa shape index (κ3) is 1.35. The average molecular weight is 228 g/mol. The number of furan rings is 1. The van der Waals surface area contributed by atoms with E-state index in [1.165, 1.54) is 0 Å². The number of ether oxygens (including phenoxy) is 2. The predicted molar refractivity (Wildman–Crippen MR) is 66.8 cm³/mol. The van der Waals surface area contributed by atoms with Crippen molar-refractivity contribution in [3.05, 3.63) is 36.4 Å². The first kappa shape index (κ1) is 10.0. The van der Waals surface area contributed by atoms with E-state index in [9.17, 15) is 0 Å². The lowest BCUT2D eigenvalue weighted by atomic mass is 10.1. The van der Waals surface area contributed by atoms with E-state index in [0.29, 0.717) is 5.75 Å². The van der Waals surface area contributed by atoms with Gasteiger partial charge in [0.1, 0.15) is 11.2 Å². The summed E-state index contributed by atoms with van der Waals surface area (Å²) in [7, 11) is 3.27. The molecule has 1 aromatic heterocycles. The van der Waals surface area contributed by atoms with Crippen molar-refractivity contribution in [2.24, 2.45) is 0 Å². The number of rotatable bonds is 2. The summed E-state index contributed by atoms with van der Waals surface area (Å²) in [6.07, 6.45) is 0. The van der Waals surface area contributed by atoms with Crippen molar-refractivity contribution < 1.29 is 13.9 Å². The van der Waals surface area contributed by atoms with E-state index in [4.69, 9.17) is 13.9 Å². The van der Waals surface area contributed by atoms with Gasteiger partial charge in [0.2, 0.25) is 0 Å². The second kappa shape index (κ2) is 3.70. The van der Waals surface area contributed by atoms with Crippen LogP contribution in [-0.4, -0.2) is 14.2 Å². The lowest BCUT2D eigenvalue weighted by molar-refractivity contribution is 0.358. The van der Waals surface area contributed by atoms with Crippen LogP contribution in [0.4, 0.5) is 0 Å². The zero-order valence-corrected chi connectivity index (χ0v) is 9.69. The molecule has 0 unspecified atom stereocenters. The van der Waals surface area contributed by atoms with Crippen molar-refractivity contribution in [2.45, 2.75) is 0 Å². The zero-order chi connectivity index (χ0) is 11.8. The quantitative estimate of drug-likeness (QED) is 0.671. The van der Waals surface area contributed by atoms with Gasteiger partial charge in [-0.25, -0.2) is 0 Å². The van der Waals surface area contributed by atoms with Crippen LogP contribution in [-0.2, 0) is 0 Å². The van der Waals surface area contributed by atoms with E-state index in [1.807, 2.05) is 36.4 Å². The third-order valence-corrected chi connectivity index (χ3v) is 2.88. The molecule has 0 spiro atoms. The lowest BCUT2D eigenvalue weighted by Crippen LogP contribution is -1.90. The molecule has 0 aliphatic heterocycles. The van der Waals surface area contributed by atoms with Crippen LogP contribution in [0.1, 0.15) is 0 Å². The van der Waals surface area contributed by atoms with Crippen LogP contribution in [0.25, 0.3) is 21.9 Å². The molecule has 3 aromatic rings. The fourth-order valence-electron chi connectivity index (χ4n) is 2.13. The molecule has 17 heavy (non-hydrogen) atoms. The maximum Gasteiger partial charge on any atom is 0.172 e. The van der Waals surface area contributed by atoms with Crippen LogP contribution in [0.3, 0.4) is 0 Å². The fraction of sp³-hybridized carbons (Fsp3) is 0.143. The second-order valence-electron chi connectivity index (χ2n) is 3.77. The Hall–Kier alpha value is -2.16. The second-order valence-corrected chi connectivity index (χ2v) is 3.77. The Morgan fingerprint density at radius 1 is 0.882 bits per heavy atom. The highest BCUT2D eigenvalue weighted by Crippen LogP contribution is 2.41. The molecule has 86 valence electrons. The van der Waals surface area contributed by atoms with Crippen LogP contribution in [0.2, 0.25) is 0 Å². The Bertz CT molecular complexity index is 682. The predicted octanol–water partition coefficient (Wildman–Crippen LogP) is 3.60. The van der Waals surface area contributed by atoms with E-state index in [1.54, 1.807) is 14.2 Å². The Balaban J connectivity index is 2.51. The minimum absolute atomic E-state index is 0.714. The van der Waals surface area contributed by atoms with Crippen LogP contribution in [0, 0.1) is 0 Å². The summed E-state index contributed by atoms with van der Waals surface area (Å²) in [5, 5.41) is 2.00. The Labute approximate surface area is 98.5 Å². The first-order valence-electron chi connectivity index (χ1n) is 5.37. The van der Waals surface area contributed by atoms with Crippen molar-refractivity contribution >= 4 is 21.9 Å². The summed E-state index contributed by atoms with van der Waals surface area (Å²) >= 11 is 0. The van der Waals surface area contributed by atoms with Gasteiger partial charge in [-0.05, 0) is 18.2 Å². The van der Waals surface area contributed by atoms with Gasteiger partial charge in [-0.3, -0.25) is 0 Å². The van der Waals surface area contributed by atoms with Gasteiger partial charge in [-0.2, -0.15) is 0 Å². The average Bonchev–Trinajstić information content (AvgIpc) is 2.76. The summed E-state index contributed by atoms with van der Waals surface area (Å²) in [5.74, 6) is 1.43. The van der Waals surface area contributed by atoms with Gasteiger partial charge in [0, 0.05) is 5.39 Å². The van der Waals surface area contributed by atoms with Crippen molar-refractivity contribution in [3.8, 4) is 11.5 Å². The van der Waals surface area contributed by atoms with Gasteiger partial charge in [0.15, 0.2) is 11.5 Å². The monoisotopic (exact) mass is 228 g/mol. The molecule has 1 heterocycles. The molecule has 0 aliphatic rings. The maximum absolute atomic E-state index is 5.76. The zero-order valence-electron chi connectivity index (χ0n) is 9.69. The van der Waals surface area contributed by atoms with E-state index in [2.05, 4.69) is 0 Å². The van der Waals surface area contributed by atoms with Crippen LogP contribution in [0.5, 0.6) is 11.5 Å². The fourth-order valence-corrected chi connectivity index (χ4v) is 2.13. The number of fused-ring (bicyclic) bond motifs is 3. The van der Waals surface area contributed by atoms with E-state index in [-0.39, 0.29) is 0 Å². The maximum atomic E-state index is 5.76. The van der Waals surface area contributed by atoms with E-state index in [0.717, 1.165) is 27.7 Å². The molecular weight excluding hydrogens is 216 g/mol. The summed E-state index contributed by atoms with van der Waals surface area (Å²) in [4.78, 5) is 0. The van der Waals surface area contributed by atoms with Gasteiger partial charge >= 0.3 is 0 Å². The molecule has 2 aromatic carbocycles. The summed E-state index contributed by atoms with van der Waals surface area (Å²) < 4.78 is 16.5. The number of hydrogen-bond donors (Lipinski definition) is 0. The lowest BCUT2D eigenvalue weighted by Gasteiger charge is -2.07. The van der Waals surface area contributed by atoms with E-state index < -0.39 is 0 Å². The molecule has 0 radical (unpaired) electrons. The minimum Gasteiger partial charge on any atom is -0.493 e. The molecule has 0 amide bonds. The van der Waals surface area contributed by atoms with Gasteiger partial charge in [0.05, 0.1) is 19.6 Å². The topological polar surface area (TPSA) is 31.6 Å². The molecule has 0 N–H and O–H groups in total. The van der Waals surface area contributed by atoms with Crippen LogP contribution in [0.15, 0.2) is 40.8 Å². The smallest absolute Gasteiger partial charge is 0.172 e. The van der Waals surface area contributed by atoms with Crippen molar-refractivity contribution in [3.63, 3.8) is 0 Å². The SMILES string of the molecule is COc1ccc2oc3ccccc3c2c1OC. The molecule has 0 bridgehead atoms. The van der Waals surface area contributed by atoms with Gasteiger partial charge < -0.3 is 13.9 Å². The molecule has 0 saturated carbocycles. The van der Waals surface area contributed by atoms with E-state index >= 15 is 0 Å². The van der Waals surface area contributed by atoms with Crippen molar-refractivity contribution in [2.75, 3.05) is 14.2 Å². The molecule has 3 rings (SSSR count). The summed E-state index contributed by atoms with van der Waals surface area (Å²) in [6.45, 7) is 0. The number of hydrogen-bond acceptors (Lipinski definition) is 3. The standard InChI is InChI=1S/C14H12O3/c1-15-12-8-7-11-13(14(12)16-2)9-5-3-4-6-10(9)17-11/h3-8H,1-2H3. The first-order valence-corrected chi connectivity index (χ1v) is 5.37. The van der Waals surface area contributed by atoms with Gasteiger partial charge in [0.25, 0.3) is 0 Å². The van der Waals surface area contributed by atoms with Crippen LogP contribution >= 0.6 is 0 Å². The molecule has 0 saturated heterocycles. The summed E-state index contributed by atoms with van der Waals surface area (Å²) in [6, 6.07) is 11.6. The van der Waals surface area contributed by atoms with Gasteiger partial charge in [-0.1, -0.05) is 18.2 Å². The van der Waals surface area contributed by atoms with Crippen LogP contribution < -0.4 is 9.47 Å². The Morgan fingerprint density at radius 2 is 1.71 bits per heavy atom. The van der Waals surface area contributed by atoms with Gasteiger partial charge in [-0.15, -0.1) is 0 Å². The third-order valence-electron chi connectivity index (χ3n) is 2.88. The number of benzene rings is 2. The molecule has 0 aliphatic carbocycles. The Kier molecular flexibility index (Phi) is 2.18. The van der Waals surface area contributed by atoms with Crippen molar-refractivity contribution in [1.29, 1.82) is 0 Å². The molecule has 3 heteroatoms. The highest BCUT2D eigenvalue weighted by atomic mass is 16.5. The number of para-hydroxylation sites is 1. The number of methoxy groups -OCH3 is 2. The molecule has 0 fully saturated rings. The molecular formula is C14H12O3. The minimum atomic E-state index is 0.714. The largest absolute Gasteiger partial charge is 0.493 e. The van der Waals surface area contributed by atoms with Crippen molar-refractivity contribution in [1.82, 2.24) is 0 Å². The molecule has 0 atom stereocenters. The molecule has 3 nitrogen and oxygen atoms in total. The normalized spacial score (nSPS) is 10.9. The Morgan fingerprint density at radius 3 is 2.47 bits per heavy atom. The highest BCUT2D eigenvalue weighted by molar-refractivity contribution is 6.09. The summed E-state index contributed by atoms with van der Waals surface area (Å²) in [5.41, 5.74) is 1.66.